The largest absolute Gasteiger partial charge is 0.416 e. The molecule has 2 aromatic heterocycles. The van der Waals surface area contributed by atoms with Crippen LogP contribution in [-0.4, -0.2) is 51.9 Å². The number of piperazine rings is 1. The second-order valence-electron chi connectivity index (χ2n) is 7.50. The summed E-state index contributed by atoms with van der Waals surface area (Å²) in [6.45, 7) is 3.61. The van der Waals surface area contributed by atoms with Crippen LogP contribution in [0.1, 0.15) is 21.6 Å². The van der Waals surface area contributed by atoms with Crippen LogP contribution < -0.4 is 10.6 Å². The first-order valence-electron chi connectivity index (χ1n) is 10.0. The molecule has 32 heavy (non-hydrogen) atoms. The van der Waals surface area contributed by atoms with Gasteiger partial charge < -0.3 is 10.6 Å². The number of anilines is 1. The van der Waals surface area contributed by atoms with Crippen LogP contribution in [0, 0.1) is 0 Å². The lowest BCUT2D eigenvalue weighted by molar-refractivity contribution is -0.137. The lowest BCUT2D eigenvalue weighted by atomic mass is 10.1. The number of benzene rings is 1. The minimum atomic E-state index is -4.43. The van der Waals surface area contributed by atoms with E-state index in [4.69, 9.17) is 5.73 Å². The van der Waals surface area contributed by atoms with E-state index in [0.29, 0.717) is 30.3 Å². The zero-order valence-electron chi connectivity index (χ0n) is 17.1. The molecule has 0 spiro atoms. The van der Waals surface area contributed by atoms with Crippen molar-refractivity contribution in [3.63, 3.8) is 0 Å². The van der Waals surface area contributed by atoms with E-state index in [2.05, 4.69) is 19.9 Å². The van der Waals surface area contributed by atoms with E-state index in [1.807, 2.05) is 17.0 Å². The Morgan fingerprint density at radius 2 is 1.62 bits per heavy atom. The predicted octanol–water partition coefficient (Wildman–Crippen LogP) is 2.98. The number of halogens is 3. The molecule has 1 amide bonds. The van der Waals surface area contributed by atoms with Gasteiger partial charge in [-0.2, -0.15) is 13.2 Å². The lowest BCUT2D eigenvalue weighted by Crippen LogP contribution is -2.46. The topological polar surface area (TPSA) is 88.2 Å². The van der Waals surface area contributed by atoms with Crippen molar-refractivity contribution < 1.29 is 18.0 Å². The Morgan fingerprint density at radius 1 is 0.969 bits per heavy atom. The standard InChI is InChI=1S/C22H21F3N6O/c23-22(24,25)17-3-1-16(2-4-17)18-13-19(20(26)32)29-21(28-18)31-11-9-30(10-12-31)14-15-5-7-27-8-6-15/h1-8,13H,9-12,14H2,(H2,26,32). The minimum Gasteiger partial charge on any atom is -0.364 e. The number of alkyl halides is 3. The second kappa shape index (κ2) is 8.91. The summed E-state index contributed by atoms with van der Waals surface area (Å²) in [7, 11) is 0. The first-order valence-corrected chi connectivity index (χ1v) is 10.0. The summed E-state index contributed by atoms with van der Waals surface area (Å²) in [4.78, 5) is 28.9. The van der Waals surface area contributed by atoms with Crippen molar-refractivity contribution in [3.05, 3.63) is 71.7 Å². The number of nitrogens with two attached hydrogens (primary N) is 1. The Balaban J connectivity index is 1.53. The molecule has 10 heteroatoms. The minimum absolute atomic E-state index is 0.0177. The number of hydrogen-bond acceptors (Lipinski definition) is 6. The third-order valence-corrected chi connectivity index (χ3v) is 5.29. The Labute approximate surface area is 182 Å². The maximum atomic E-state index is 12.9. The molecule has 1 fully saturated rings. The summed E-state index contributed by atoms with van der Waals surface area (Å²) in [5, 5.41) is 0. The summed E-state index contributed by atoms with van der Waals surface area (Å²) in [6.07, 6.45) is -0.904. The van der Waals surface area contributed by atoms with Crippen molar-refractivity contribution in [2.75, 3.05) is 31.1 Å². The molecule has 0 radical (unpaired) electrons. The number of primary amides is 1. The second-order valence-corrected chi connectivity index (χ2v) is 7.50. The zero-order valence-corrected chi connectivity index (χ0v) is 17.1. The fraction of sp³-hybridized carbons (Fsp3) is 0.273. The molecular weight excluding hydrogens is 421 g/mol. The van der Waals surface area contributed by atoms with Gasteiger partial charge in [0.05, 0.1) is 11.3 Å². The molecule has 1 aromatic carbocycles. The number of pyridine rings is 1. The monoisotopic (exact) mass is 442 g/mol. The van der Waals surface area contributed by atoms with Crippen LogP contribution in [0.2, 0.25) is 0 Å². The summed E-state index contributed by atoms with van der Waals surface area (Å²) in [5.74, 6) is -0.391. The molecule has 0 atom stereocenters. The first kappa shape index (κ1) is 21.7. The molecule has 0 aliphatic carbocycles. The first-order chi connectivity index (χ1) is 15.3. The highest BCUT2D eigenvalue weighted by Gasteiger charge is 2.30. The van der Waals surface area contributed by atoms with Gasteiger partial charge in [0.1, 0.15) is 5.69 Å². The molecular formula is C22H21F3N6O. The van der Waals surface area contributed by atoms with E-state index in [9.17, 15) is 18.0 Å². The van der Waals surface area contributed by atoms with Crippen LogP contribution in [0.3, 0.4) is 0 Å². The van der Waals surface area contributed by atoms with Gasteiger partial charge in [-0.1, -0.05) is 12.1 Å². The van der Waals surface area contributed by atoms with E-state index >= 15 is 0 Å². The third kappa shape index (κ3) is 5.02. The van der Waals surface area contributed by atoms with Crippen molar-refractivity contribution in [1.29, 1.82) is 0 Å². The predicted molar refractivity (Wildman–Crippen MR) is 113 cm³/mol. The average molecular weight is 442 g/mol. The molecule has 0 saturated carbocycles. The quantitative estimate of drug-likeness (QED) is 0.654. The van der Waals surface area contributed by atoms with Gasteiger partial charge in [-0.25, -0.2) is 9.97 Å². The van der Waals surface area contributed by atoms with Crippen molar-refractivity contribution in [1.82, 2.24) is 19.9 Å². The summed E-state index contributed by atoms with van der Waals surface area (Å²) in [5.41, 5.74) is 6.66. The van der Waals surface area contributed by atoms with Crippen LogP contribution in [0.5, 0.6) is 0 Å². The number of amides is 1. The number of hydrogen-bond donors (Lipinski definition) is 1. The van der Waals surface area contributed by atoms with Crippen molar-refractivity contribution in [2.24, 2.45) is 5.73 Å². The van der Waals surface area contributed by atoms with Gasteiger partial charge in [-0.15, -0.1) is 0 Å². The Bertz CT molecular complexity index is 1080. The van der Waals surface area contributed by atoms with Gasteiger partial charge in [-0.3, -0.25) is 14.7 Å². The van der Waals surface area contributed by atoms with Gasteiger partial charge in [0, 0.05) is 50.7 Å². The number of rotatable bonds is 5. The Kier molecular flexibility index (Phi) is 6.04. The van der Waals surface area contributed by atoms with Crippen LogP contribution in [-0.2, 0) is 12.7 Å². The Hall–Kier alpha value is -3.53. The highest BCUT2D eigenvalue weighted by atomic mass is 19.4. The van der Waals surface area contributed by atoms with E-state index in [1.54, 1.807) is 12.4 Å². The molecule has 1 aliphatic rings. The maximum absolute atomic E-state index is 12.9. The third-order valence-electron chi connectivity index (χ3n) is 5.29. The van der Waals surface area contributed by atoms with Crippen molar-refractivity contribution >= 4 is 11.9 Å². The number of aromatic nitrogens is 3. The van der Waals surface area contributed by atoms with Crippen LogP contribution in [0.4, 0.5) is 19.1 Å². The molecule has 0 bridgehead atoms. The van der Waals surface area contributed by atoms with E-state index in [0.717, 1.165) is 31.8 Å². The summed E-state index contributed by atoms with van der Waals surface area (Å²) >= 11 is 0. The fourth-order valence-electron chi connectivity index (χ4n) is 3.53. The molecule has 7 nitrogen and oxygen atoms in total. The van der Waals surface area contributed by atoms with Crippen LogP contribution >= 0.6 is 0 Å². The van der Waals surface area contributed by atoms with Crippen molar-refractivity contribution in [2.45, 2.75) is 12.7 Å². The SMILES string of the molecule is NC(=O)c1cc(-c2ccc(C(F)(F)F)cc2)nc(N2CCN(Cc3ccncc3)CC2)n1. The number of carbonyl (C=O) groups excluding carboxylic acids is 1. The van der Waals surface area contributed by atoms with E-state index in [-0.39, 0.29) is 5.69 Å². The van der Waals surface area contributed by atoms with E-state index < -0.39 is 17.6 Å². The van der Waals surface area contributed by atoms with Gasteiger partial charge in [0.25, 0.3) is 5.91 Å². The van der Waals surface area contributed by atoms with Gasteiger partial charge in [-0.05, 0) is 35.9 Å². The molecule has 3 heterocycles. The molecule has 1 saturated heterocycles. The smallest absolute Gasteiger partial charge is 0.364 e. The normalized spacial score (nSPS) is 15.0. The molecule has 2 N–H and O–H groups in total. The van der Waals surface area contributed by atoms with Crippen molar-refractivity contribution in [3.8, 4) is 11.3 Å². The fourth-order valence-corrected chi connectivity index (χ4v) is 3.53. The highest BCUT2D eigenvalue weighted by molar-refractivity contribution is 5.92. The zero-order chi connectivity index (χ0) is 22.7. The molecule has 166 valence electrons. The summed E-state index contributed by atoms with van der Waals surface area (Å²) < 4.78 is 38.6. The van der Waals surface area contributed by atoms with Gasteiger partial charge >= 0.3 is 6.18 Å². The molecule has 4 rings (SSSR count). The molecule has 0 unspecified atom stereocenters. The maximum Gasteiger partial charge on any atom is 0.416 e. The average Bonchev–Trinajstić information content (AvgIpc) is 2.79. The number of carbonyl (C=O) groups is 1. The summed E-state index contributed by atoms with van der Waals surface area (Å²) in [6, 6.07) is 9.97. The molecule has 1 aliphatic heterocycles. The Morgan fingerprint density at radius 3 is 2.22 bits per heavy atom. The van der Waals surface area contributed by atoms with Gasteiger partial charge in [0.15, 0.2) is 0 Å². The van der Waals surface area contributed by atoms with Gasteiger partial charge in [0.2, 0.25) is 5.95 Å². The molecule has 3 aromatic rings. The van der Waals surface area contributed by atoms with Crippen LogP contribution in [0.15, 0.2) is 54.9 Å². The number of nitrogens with zero attached hydrogens (tertiary/aromatic N) is 5. The van der Waals surface area contributed by atoms with Crippen LogP contribution in [0.25, 0.3) is 11.3 Å². The van der Waals surface area contributed by atoms with E-state index in [1.165, 1.54) is 23.8 Å². The highest BCUT2D eigenvalue weighted by Crippen LogP contribution is 2.31. The lowest BCUT2D eigenvalue weighted by Gasteiger charge is -2.35.